The average Bonchev–Trinajstić information content (AvgIpc) is 3.03. The molecule has 0 saturated carbocycles. The first-order valence-corrected chi connectivity index (χ1v) is 18.5. The van der Waals surface area contributed by atoms with Crippen LogP contribution in [0, 0.1) is 0 Å². The molecule has 0 spiro atoms. The second-order valence-corrected chi connectivity index (χ2v) is 14.9. The van der Waals surface area contributed by atoms with Crippen LogP contribution in [0.3, 0.4) is 0 Å². The highest BCUT2D eigenvalue weighted by Crippen LogP contribution is 2.47. The van der Waals surface area contributed by atoms with Crippen molar-refractivity contribution in [2.24, 2.45) is 0 Å². The van der Waals surface area contributed by atoms with Crippen molar-refractivity contribution in [3.63, 3.8) is 0 Å². The Morgan fingerprint density at radius 1 is 0.409 bits per heavy atom. The summed E-state index contributed by atoms with van der Waals surface area (Å²) >= 11 is 0. The smallest absolute Gasteiger partial charge is 0.355 e. The quantitative estimate of drug-likeness (QED) is 0.0952. The van der Waals surface area contributed by atoms with E-state index in [1.165, 1.54) is 42.7 Å². The molecule has 15 nitrogen and oxygen atoms in total. The van der Waals surface area contributed by atoms with Crippen LogP contribution >= 0.6 is 22.8 Å². The minimum absolute atomic E-state index is 0. The zero-order valence-electron chi connectivity index (χ0n) is 27.6. The molecule has 274 valence electrons. The molecule has 0 heterocycles. The maximum atomic E-state index is 11.6. The molecular formula is C26H65O15P3. The Labute approximate surface area is 268 Å². The van der Waals surface area contributed by atoms with Crippen molar-refractivity contribution < 1.29 is 69.3 Å². The molecule has 0 saturated heterocycles. The third kappa shape index (κ3) is 27.3. The van der Waals surface area contributed by atoms with Gasteiger partial charge >= 0.3 is 22.8 Å². The van der Waals surface area contributed by atoms with Gasteiger partial charge in [-0.05, 0) is 19.3 Å². The SMILES string of the molecule is C.C.CC[C@@H](COC)OCP(=O)(OC)OC.CC[C@@H](COC)OCP(=O)(OC)OC.CC[C@@H](COC)OCP(=O)(OC)OC. The van der Waals surface area contributed by atoms with Crippen molar-refractivity contribution in [1.29, 1.82) is 0 Å². The van der Waals surface area contributed by atoms with Gasteiger partial charge in [-0.1, -0.05) is 35.6 Å². The van der Waals surface area contributed by atoms with Gasteiger partial charge in [0.2, 0.25) is 0 Å². The zero-order chi connectivity index (χ0) is 33.1. The Bertz CT molecular complexity index is 626. The lowest BCUT2D eigenvalue weighted by atomic mass is 10.3. The fourth-order valence-electron chi connectivity index (χ4n) is 2.54. The molecule has 0 amide bonds. The number of hydrogen-bond donors (Lipinski definition) is 0. The van der Waals surface area contributed by atoms with Crippen molar-refractivity contribution in [2.75, 3.05) is 103 Å². The van der Waals surface area contributed by atoms with Crippen LogP contribution in [0.25, 0.3) is 0 Å². The molecule has 0 unspecified atom stereocenters. The van der Waals surface area contributed by atoms with Gasteiger partial charge in [0.1, 0.15) is 19.0 Å². The van der Waals surface area contributed by atoms with E-state index in [-0.39, 0.29) is 52.2 Å². The van der Waals surface area contributed by atoms with Crippen LogP contribution in [0.15, 0.2) is 0 Å². The second kappa shape index (κ2) is 33.1. The van der Waals surface area contributed by atoms with Crippen LogP contribution in [0.1, 0.15) is 54.9 Å². The van der Waals surface area contributed by atoms with Gasteiger partial charge in [0, 0.05) is 64.0 Å². The molecule has 0 aromatic heterocycles. The summed E-state index contributed by atoms with van der Waals surface area (Å²) in [7, 11) is 3.67. The predicted octanol–water partition coefficient (Wildman–Crippen LogP) is 6.89. The first kappa shape index (κ1) is 53.7. The molecule has 0 aromatic carbocycles. The molecular weight excluding hydrogens is 645 g/mol. The van der Waals surface area contributed by atoms with Crippen LogP contribution in [-0.4, -0.2) is 121 Å². The highest BCUT2D eigenvalue weighted by molar-refractivity contribution is 7.54. The van der Waals surface area contributed by atoms with Gasteiger partial charge in [-0.25, -0.2) is 0 Å². The Morgan fingerprint density at radius 2 is 0.591 bits per heavy atom. The van der Waals surface area contributed by atoms with E-state index < -0.39 is 22.8 Å². The van der Waals surface area contributed by atoms with Gasteiger partial charge in [0.25, 0.3) is 0 Å². The summed E-state index contributed by atoms with van der Waals surface area (Å²) < 4.78 is 93.9. The predicted molar refractivity (Wildman–Crippen MR) is 174 cm³/mol. The summed E-state index contributed by atoms with van der Waals surface area (Å²) in [5.41, 5.74) is 0. The maximum Gasteiger partial charge on any atom is 0.355 e. The Hall–Kier alpha value is 0.210. The summed E-state index contributed by atoms with van der Waals surface area (Å²) in [4.78, 5) is 0. The lowest BCUT2D eigenvalue weighted by Gasteiger charge is -2.18. The van der Waals surface area contributed by atoms with Crippen LogP contribution in [0.2, 0.25) is 0 Å². The van der Waals surface area contributed by atoms with E-state index in [2.05, 4.69) is 0 Å². The molecule has 0 radical (unpaired) electrons. The Morgan fingerprint density at radius 3 is 0.705 bits per heavy atom. The molecule has 3 atom stereocenters. The molecule has 0 aliphatic heterocycles. The molecule has 44 heavy (non-hydrogen) atoms. The average molecular weight is 711 g/mol. The number of rotatable bonds is 24. The van der Waals surface area contributed by atoms with E-state index in [9.17, 15) is 13.7 Å². The minimum atomic E-state index is -3.05. The van der Waals surface area contributed by atoms with Gasteiger partial charge < -0.3 is 55.6 Å². The topological polar surface area (TPSA) is 162 Å². The minimum Gasteiger partial charge on any atom is -0.382 e. The highest BCUT2D eigenvalue weighted by Gasteiger charge is 2.25. The van der Waals surface area contributed by atoms with E-state index in [1.807, 2.05) is 20.8 Å². The molecule has 0 bridgehead atoms. The standard InChI is InChI=1S/3C8H19O5P.2CH4/c3*1-5-8(6-10-2)13-7-14(9,11-3)12-4;;/h3*8H,5-7H2,1-4H3;2*1H4/t3*8-;;/m000../s1. The van der Waals surface area contributed by atoms with Gasteiger partial charge in [-0.2, -0.15) is 0 Å². The van der Waals surface area contributed by atoms with E-state index in [0.717, 1.165) is 19.3 Å². The monoisotopic (exact) mass is 710 g/mol. The second-order valence-electron chi connectivity index (χ2n) is 8.27. The molecule has 0 N–H and O–H groups in total. The Kier molecular flexibility index (Phi) is 40.4. The fraction of sp³-hybridized carbons (Fsp3) is 1.00. The summed E-state index contributed by atoms with van der Waals surface area (Å²) in [6.45, 7) is 7.33. The molecule has 18 heteroatoms. The van der Waals surface area contributed by atoms with E-state index >= 15 is 0 Å². The molecule has 0 fully saturated rings. The largest absolute Gasteiger partial charge is 0.382 e. The number of hydrogen-bond acceptors (Lipinski definition) is 15. The van der Waals surface area contributed by atoms with Crippen LogP contribution in [0.4, 0.5) is 0 Å². The first-order valence-electron chi connectivity index (χ1n) is 13.3. The normalized spacial score (nSPS) is 13.6. The van der Waals surface area contributed by atoms with Crippen molar-refractivity contribution in [2.45, 2.75) is 73.2 Å². The fourth-order valence-corrected chi connectivity index (χ4v) is 4.80. The summed E-state index contributed by atoms with van der Waals surface area (Å²) in [5.74, 6) is 0. The van der Waals surface area contributed by atoms with Crippen molar-refractivity contribution in [1.82, 2.24) is 0 Å². The van der Waals surface area contributed by atoms with E-state index in [1.54, 1.807) is 21.3 Å². The van der Waals surface area contributed by atoms with Crippen LogP contribution in [-0.2, 0) is 69.3 Å². The van der Waals surface area contributed by atoms with Gasteiger partial charge in [0.05, 0.1) is 38.1 Å². The van der Waals surface area contributed by atoms with Crippen LogP contribution < -0.4 is 0 Å². The van der Waals surface area contributed by atoms with Crippen molar-refractivity contribution in [3.8, 4) is 0 Å². The summed E-state index contributed by atoms with van der Waals surface area (Å²) in [6.07, 6.45) is 2.05. The lowest BCUT2D eigenvalue weighted by molar-refractivity contribution is 0.00952. The van der Waals surface area contributed by atoms with Crippen molar-refractivity contribution >= 4 is 22.8 Å². The number of methoxy groups -OCH3 is 3. The molecule has 0 aliphatic rings. The Balaban J connectivity index is -0.000000169. The molecule has 0 aliphatic carbocycles. The molecule has 0 rings (SSSR count). The van der Waals surface area contributed by atoms with Gasteiger partial charge in [-0.3, -0.25) is 13.7 Å². The first-order chi connectivity index (χ1) is 19.8. The lowest BCUT2D eigenvalue weighted by Crippen LogP contribution is -2.19. The summed E-state index contributed by atoms with van der Waals surface area (Å²) in [5, 5.41) is 0. The van der Waals surface area contributed by atoms with E-state index in [0.29, 0.717) is 19.8 Å². The van der Waals surface area contributed by atoms with Gasteiger partial charge in [-0.15, -0.1) is 0 Å². The third-order valence-electron chi connectivity index (χ3n) is 5.50. The maximum absolute atomic E-state index is 11.6. The van der Waals surface area contributed by atoms with Gasteiger partial charge in [0.15, 0.2) is 0 Å². The van der Waals surface area contributed by atoms with Crippen molar-refractivity contribution in [3.05, 3.63) is 0 Å². The molecule has 0 aromatic rings. The summed E-state index contributed by atoms with van der Waals surface area (Å²) in [6, 6.07) is 0. The van der Waals surface area contributed by atoms with Crippen LogP contribution in [0.5, 0.6) is 0 Å². The number of ether oxygens (including phenoxy) is 6. The highest BCUT2D eigenvalue weighted by atomic mass is 31.2. The van der Waals surface area contributed by atoms with E-state index in [4.69, 9.17) is 55.6 Å². The zero-order valence-corrected chi connectivity index (χ0v) is 30.2. The third-order valence-corrected chi connectivity index (χ3v) is 10.2.